The number of carbonyl (C=O) groups excluding carboxylic acids is 1. The van der Waals surface area contributed by atoms with Crippen LogP contribution in [0.15, 0.2) is 18.5 Å². The molecule has 2 rings (SSSR count). The molecule has 0 fully saturated rings. The van der Waals surface area contributed by atoms with Gasteiger partial charge in [0.05, 0.1) is 28.5 Å². The number of carbonyl (C=O) groups is 2. The average Bonchev–Trinajstić information content (AvgIpc) is 2.62. The van der Waals surface area contributed by atoms with Crippen molar-refractivity contribution in [3.63, 3.8) is 0 Å². The molecule has 1 amide bonds. The number of carboxylic acids is 1. The number of nitrogens with two attached hydrogens (primary N) is 2. The number of amides is 1. The molecular weight excluding hydrogens is 212 g/mol. The number of primary amides is 1. The molecule has 0 bridgehead atoms. The van der Waals surface area contributed by atoms with Crippen molar-refractivity contribution in [2.75, 3.05) is 5.73 Å². The van der Waals surface area contributed by atoms with Crippen LogP contribution in [0.3, 0.4) is 0 Å². The number of nitrogen functional groups attached to an aromatic ring is 1. The quantitative estimate of drug-likeness (QED) is 0.641. The third-order valence-electron chi connectivity index (χ3n) is 2.19. The van der Waals surface area contributed by atoms with Gasteiger partial charge in [-0.25, -0.2) is 9.31 Å². The lowest BCUT2D eigenvalue weighted by atomic mass is 10.2. The number of hydrogen-bond acceptors (Lipinski definition) is 4. The summed E-state index contributed by atoms with van der Waals surface area (Å²) in [5, 5.41) is 12.6. The van der Waals surface area contributed by atoms with E-state index < -0.39 is 11.9 Å². The average molecular weight is 220 g/mol. The van der Waals surface area contributed by atoms with Gasteiger partial charge in [0.25, 0.3) is 5.91 Å². The van der Waals surface area contributed by atoms with Crippen LogP contribution in [0.4, 0.5) is 5.69 Å². The lowest BCUT2D eigenvalue weighted by Crippen LogP contribution is -2.15. The zero-order valence-corrected chi connectivity index (χ0v) is 8.04. The lowest BCUT2D eigenvalue weighted by molar-refractivity contribution is 0.0696. The Hall–Kier alpha value is -2.57. The molecule has 0 atom stereocenters. The third kappa shape index (κ3) is 1.34. The van der Waals surface area contributed by atoms with Crippen LogP contribution in [0.5, 0.6) is 0 Å². The first kappa shape index (κ1) is 9.97. The largest absolute Gasteiger partial charge is 0.478 e. The SMILES string of the molecule is NC(=O)c1cnn2cc(C(=O)O)cc2c1N. The van der Waals surface area contributed by atoms with Crippen LogP contribution in [0.25, 0.3) is 5.52 Å². The highest BCUT2D eigenvalue weighted by molar-refractivity contribution is 6.02. The summed E-state index contributed by atoms with van der Waals surface area (Å²) in [4.78, 5) is 21.7. The van der Waals surface area contributed by atoms with Crippen molar-refractivity contribution in [2.24, 2.45) is 5.73 Å². The number of fused-ring (bicyclic) bond motifs is 1. The highest BCUT2D eigenvalue weighted by atomic mass is 16.4. The second-order valence-corrected chi connectivity index (χ2v) is 3.20. The van der Waals surface area contributed by atoms with Crippen LogP contribution in [0.2, 0.25) is 0 Å². The van der Waals surface area contributed by atoms with Gasteiger partial charge in [0.1, 0.15) is 0 Å². The maximum absolute atomic E-state index is 11.0. The van der Waals surface area contributed by atoms with Gasteiger partial charge in [-0.1, -0.05) is 0 Å². The molecule has 7 nitrogen and oxygen atoms in total. The number of aromatic nitrogens is 2. The van der Waals surface area contributed by atoms with Crippen molar-refractivity contribution >= 4 is 23.1 Å². The van der Waals surface area contributed by atoms with E-state index in [1.165, 1.54) is 23.0 Å². The molecule has 5 N–H and O–H groups in total. The minimum Gasteiger partial charge on any atom is -0.478 e. The predicted octanol–water partition coefficient (Wildman–Crippen LogP) is -0.286. The molecule has 0 radical (unpaired) electrons. The molecule has 82 valence electrons. The summed E-state index contributed by atoms with van der Waals surface area (Å²) in [6, 6.07) is 1.33. The molecule has 2 aromatic rings. The number of aromatic carboxylic acids is 1. The monoisotopic (exact) mass is 220 g/mol. The Morgan fingerprint density at radius 3 is 2.69 bits per heavy atom. The summed E-state index contributed by atoms with van der Waals surface area (Å²) >= 11 is 0. The van der Waals surface area contributed by atoms with Gasteiger partial charge in [0.15, 0.2) is 0 Å². The Morgan fingerprint density at radius 1 is 1.44 bits per heavy atom. The summed E-state index contributed by atoms with van der Waals surface area (Å²) < 4.78 is 1.28. The Balaban J connectivity index is 2.74. The Morgan fingerprint density at radius 2 is 2.12 bits per heavy atom. The number of hydrogen-bond donors (Lipinski definition) is 3. The second-order valence-electron chi connectivity index (χ2n) is 3.20. The normalized spacial score (nSPS) is 10.5. The van der Waals surface area contributed by atoms with Gasteiger partial charge in [-0.05, 0) is 6.07 Å². The van der Waals surface area contributed by atoms with Gasteiger partial charge in [0, 0.05) is 6.20 Å². The fourth-order valence-corrected chi connectivity index (χ4v) is 1.39. The molecule has 0 spiro atoms. The highest BCUT2D eigenvalue weighted by Crippen LogP contribution is 2.19. The van der Waals surface area contributed by atoms with Gasteiger partial charge in [-0.2, -0.15) is 5.10 Å². The van der Waals surface area contributed by atoms with Crippen LogP contribution in [0.1, 0.15) is 20.7 Å². The summed E-state index contributed by atoms with van der Waals surface area (Å²) in [5.74, 6) is -1.80. The van der Waals surface area contributed by atoms with E-state index in [4.69, 9.17) is 16.6 Å². The van der Waals surface area contributed by atoms with Gasteiger partial charge < -0.3 is 16.6 Å². The zero-order chi connectivity index (χ0) is 11.9. The van der Waals surface area contributed by atoms with E-state index in [9.17, 15) is 9.59 Å². The van der Waals surface area contributed by atoms with E-state index in [1.54, 1.807) is 0 Å². The van der Waals surface area contributed by atoms with Crippen LogP contribution in [-0.2, 0) is 0 Å². The summed E-state index contributed by atoms with van der Waals surface area (Å²) in [6.45, 7) is 0. The van der Waals surface area contributed by atoms with Gasteiger partial charge in [-0.3, -0.25) is 4.79 Å². The Bertz CT molecular complexity index is 602. The molecule has 16 heavy (non-hydrogen) atoms. The molecule has 0 aliphatic heterocycles. The Kier molecular flexibility index (Phi) is 2.01. The van der Waals surface area contributed by atoms with Gasteiger partial charge >= 0.3 is 5.97 Å². The van der Waals surface area contributed by atoms with Crippen molar-refractivity contribution in [1.29, 1.82) is 0 Å². The predicted molar refractivity (Wildman–Crippen MR) is 55.1 cm³/mol. The van der Waals surface area contributed by atoms with Crippen molar-refractivity contribution in [3.05, 3.63) is 29.6 Å². The zero-order valence-electron chi connectivity index (χ0n) is 8.04. The van der Waals surface area contributed by atoms with E-state index in [2.05, 4.69) is 5.10 Å². The molecular formula is C9H8N4O3. The molecule has 0 saturated heterocycles. The fraction of sp³-hybridized carbons (Fsp3) is 0. The second kappa shape index (κ2) is 3.23. The number of nitrogens with zero attached hydrogens (tertiary/aromatic N) is 2. The van der Waals surface area contributed by atoms with E-state index in [0.717, 1.165) is 0 Å². The van der Waals surface area contributed by atoms with E-state index in [1.807, 2.05) is 0 Å². The maximum atomic E-state index is 11.0. The van der Waals surface area contributed by atoms with Crippen LogP contribution in [-0.4, -0.2) is 26.6 Å². The molecule has 0 aliphatic rings. The standard InChI is InChI=1S/C9H8N4O3/c10-7-5(8(11)14)2-12-13-3-4(9(15)16)1-6(7)13/h1-3H,10H2,(H2,11,14)(H,15,16). The summed E-state index contributed by atoms with van der Waals surface area (Å²) in [5.41, 5.74) is 11.3. The van der Waals surface area contributed by atoms with Crippen molar-refractivity contribution < 1.29 is 14.7 Å². The van der Waals surface area contributed by atoms with Gasteiger partial charge in [0.2, 0.25) is 0 Å². The molecule has 0 aromatic carbocycles. The van der Waals surface area contributed by atoms with Gasteiger partial charge in [-0.15, -0.1) is 0 Å². The maximum Gasteiger partial charge on any atom is 0.337 e. The van der Waals surface area contributed by atoms with Crippen LogP contribution < -0.4 is 11.5 Å². The molecule has 0 unspecified atom stereocenters. The summed E-state index contributed by atoms with van der Waals surface area (Å²) in [7, 11) is 0. The smallest absolute Gasteiger partial charge is 0.337 e. The first-order valence-electron chi connectivity index (χ1n) is 4.30. The Labute approximate surface area is 89.3 Å². The topological polar surface area (TPSA) is 124 Å². The highest BCUT2D eigenvalue weighted by Gasteiger charge is 2.14. The minimum atomic E-state index is -1.09. The molecule has 7 heteroatoms. The fourth-order valence-electron chi connectivity index (χ4n) is 1.39. The minimum absolute atomic E-state index is 0.0424. The van der Waals surface area contributed by atoms with Crippen molar-refractivity contribution in [1.82, 2.24) is 9.61 Å². The van der Waals surface area contributed by atoms with Crippen molar-refractivity contribution in [2.45, 2.75) is 0 Å². The first-order chi connectivity index (χ1) is 7.50. The number of anilines is 1. The van der Waals surface area contributed by atoms with E-state index >= 15 is 0 Å². The van der Waals surface area contributed by atoms with E-state index in [-0.39, 0.29) is 16.8 Å². The van der Waals surface area contributed by atoms with Crippen LogP contribution in [0, 0.1) is 0 Å². The first-order valence-corrected chi connectivity index (χ1v) is 4.30. The number of rotatable bonds is 2. The lowest BCUT2D eigenvalue weighted by Gasteiger charge is -2.02. The molecule has 0 saturated carbocycles. The van der Waals surface area contributed by atoms with Crippen LogP contribution >= 0.6 is 0 Å². The molecule has 2 aromatic heterocycles. The van der Waals surface area contributed by atoms with E-state index in [0.29, 0.717) is 5.52 Å². The number of carboxylic acid groups (broad SMARTS) is 1. The third-order valence-corrected chi connectivity index (χ3v) is 2.19. The summed E-state index contributed by atoms with van der Waals surface area (Å²) in [6.07, 6.45) is 2.51. The molecule has 0 aliphatic carbocycles. The molecule has 2 heterocycles. The van der Waals surface area contributed by atoms with Crippen molar-refractivity contribution in [3.8, 4) is 0 Å².